The molecule has 0 aliphatic heterocycles. The number of rotatable bonds is 3. The Kier molecular flexibility index (Phi) is 3.78. The van der Waals surface area contributed by atoms with Gasteiger partial charge in [0.25, 0.3) is 0 Å². The van der Waals surface area contributed by atoms with Gasteiger partial charge in [0.05, 0.1) is 15.9 Å². The lowest BCUT2D eigenvalue weighted by molar-refractivity contribution is 0.726. The highest BCUT2D eigenvalue weighted by molar-refractivity contribution is 9.10. The van der Waals surface area contributed by atoms with Crippen LogP contribution in [-0.2, 0) is 12.8 Å². The predicted molar refractivity (Wildman–Crippen MR) is 69.2 cm³/mol. The number of nitrogens with zero attached hydrogens (tertiary/aromatic N) is 2. The van der Waals surface area contributed by atoms with Gasteiger partial charge in [-0.05, 0) is 35.7 Å². The summed E-state index contributed by atoms with van der Waals surface area (Å²) >= 11 is 5.70. The molecule has 1 aromatic heterocycles. The largest absolute Gasteiger partial charge is 0.270 e. The van der Waals surface area contributed by atoms with Gasteiger partial charge in [-0.3, -0.25) is 4.68 Å². The van der Waals surface area contributed by atoms with Gasteiger partial charge in [0.1, 0.15) is 0 Å². The topological polar surface area (TPSA) is 17.8 Å². The molecule has 0 atom stereocenters. The van der Waals surface area contributed by atoms with E-state index >= 15 is 0 Å². The first-order valence-corrected chi connectivity index (χ1v) is 7.32. The molecule has 84 valence electrons. The molecule has 0 bridgehead atoms. The molecule has 1 aliphatic rings. The molecule has 1 heterocycles. The lowest BCUT2D eigenvalue weighted by atomic mass is 10.4. The molecular formula is C11H17BrN2S. The van der Waals surface area contributed by atoms with Gasteiger partial charge in [-0.1, -0.05) is 12.8 Å². The second-order valence-corrected chi connectivity index (χ2v) is 6.27. The van der Waals surface area contributed by atoms with E-state index in [4.69, 9.17) is 0 Å². The van der Waals surface area contributed by atoms with Gasteiger partial charge < -0.3 is 0 Å². The molecule has 1 saturated carbocycles. The lowest BCUT2D eigenvalue weighted by Gasteiger charge is -2.08. The number of hydrogen-bond acceptors (Lipinski definition) is 2. The fraction of sp³-hybridized carbons (Fsp3) is 0.727. The summed E-state index contributed by atoms with van der Waals surface area (Å²) in [5, 5.41) is 5.29. The summed E-state index contributed by atoms with van der Waals surface area (Å²) in [5.74, 6) is 1.09. The summed E-state index contributed by atoms with van der Waals surface area (Å²) in [4.78, 5) is 0. The molecule has 2 nitrogen and oxygen atoms in total. The molecule has 0 saturated heterocycles. The number of aromatic nitrogens is 2. The van der Waals surface area contributed by atoms with E-state index in [0.717, 1.165) is 16.7 Å². The highest BCUT2D eigenvalue weighted by Gasteiger charge is 2.17. The van der Waals surface area contributed by atoms with Crippen LogP contribution in [0.25, 0.3) is 0 Å². The van der Waals surface area contributed by atoms with Crippen LogP contribution in [0, 0.1) is 6.92 Å². The summed E-state index contributed by atoms with van der Waals surface area (Å²) in [6, 6.07) is 0. The Morgan fingerprint density at radius 2 is 2.13 bits per heavy atom. The minimum absolute atomic E-state index is 0.882. The quantitative estimate of drug-likeness (QED) is 0.845. The zero-order chi connectivity index (χ0) is 10.8. The Labute approximate surface area is 104 Å². The van der Waals surface area contributed by atoms with Gasteiger partial charge in [0.15, 0.2) is 0 Å². The zero-order valence-electron chi connectivity index (χ0n) is 9.29. The maximum atomic E-state index is 4.41. The molecule has 2 rings (SSSR count). The highest BCUT2D eigenvalue weighted by Crippen LogP contribution is 2.33. The standard InChI is InChI=1S/C11H17BrN2S/c1-8-11(12)10(14(2)13-8)7-15-9-5-3-4-6-9/h9H,3-7H2,1-2H3. The SMILES string of the molecule is Cc1nn(C)c(CSC2CCCC2)c1Br. The van der Waals surface area contributed by atoms with E-state index in [-0.39, 0.29) is 0 Å². The molecule has 1 fully saturated rings. The van der Waals surface area contributed by atoms with Crippen molar-refractivity contribution in [2.75, 3.05) is 0 Å². The van der Waals surface area contributed by atoms with Crippen LogP contribution in [0.4, 0.5) is 0 Å². The minimum atomic E-state index is 0.882. The van der Waals surface area contributed by atoms with E-state index in [1.807, 2.05) is 18.7 Å². The molecule has 0 aromatic carbocycles. The van der Waals surface area contributed by atoms with E-state index in [2.05, 4.69) is 32.8 Å². The van der Waals surface area contributed by atoms with Gasteiger partial charge >= 0.3 is 0 Å². The fourth-order valence-electron chi connectivity index (χ4n) is 2.09. The number of hydrogen-bond donors (Lipinski definition) is 0. The summed E-state index contributed by atoms with van der Waals surface area (Å²) in [6.07, 6.45) is 5.64. The summed E-state index contributed by atoms with van der Waals surface area (Å²) < 4.78 is 3.19. The summed E-state index contributed by atoms with van der Waals surface area (Å²) in [5.41, 5.74) is 2.42. The molecular weight excluding hydrogens is 272 g/mol. The van der Waals surface area contributed by atoms with Crippen molar-refractivity contribution in [1.82, 2.24) is 9.78 Å². The normalized spacial score (nSPS) is 17.5. The maximum Gasteiger partial charge on any atom is 0.0738 e. The monoisotopic (exact) mass is 288 g/mol. The first-order valence-electron chi connectivity index (χ1n) is 5.48. The third kappa shape index (κ3) is 2.59. The first-order chi connectivity index (χ1) is 7.18. The molecule has 1 aliphatic carbocycles. The summed E-state index contributed by atoms with van der Waals surface area (Å²) in [6.45, 7) is 2.05. The van der Waals surface area contributed by atoms with E-state index < -0.39 is 0 Å². The molecule has 0 amide bonds. The molecule has 0 spiro atoms. The van der Waals surface area contributed by atoms with E-state index in [9.17, 15) is 0 Å². The van der Waals surface area contributed by atoms with E-state index in [0.29, 0.717) is 0 Å². The van der Waals surface area contributed by atoms with Crippen molar-refractivity contribution in [3.05, 3.63) is 15.9 Å². The Hall–Kier alpha value is 0.0400. The van der Waals surface area contributed by atoms with Crippen molar-refractivity contribution in [1.29, 1.82) is 0 Å². The van der Waals surface area contributed by atoms with Gasteiger partial charge in [0, 0.05) is 18.1 Å². The van der Waals surface area contributed by atoms with Gasteiger partial charge in [0.2, 0.25) is 0 Å². The van der Waals surface area contributed by atoms with Crippen molar-refractivity contribution in [3.8, 4) is 0 Å². The molecule has 4 heteroatoms. The number of aryl methyl sites for hydroxylation is 2. The average Bonchev–Trinajstić information content (AvgIpc) is 2.76. The second kappa shape index (κ2) is 4.91. The second-order valence-electron chi connectivity index (χ2n) is 4.19. The molecule has 0 N–H and O–H groups in total. The predicted octanol–water partition coefficient (Wildman–Crippen LogP) is 3.67. The van der Waals surface area contributed by atoms with Crippen molar-refractivity contribution < 1.29 is 0 Å². The van der Waals surface area contributed by atoms with E-state index in [1.54, 1.807) is 0 Å². The van der Waals surface area contributed by atoms with Crippen LogP contribution in [0.5, 0.6) is 0 Å². The van der Waals surface area contributed by atoms with E-state index in [1.165, 1.54) is 35.8 Å². The van der Waals surface area contributed by atoms with Crippen LogP contribution in [0.3, 0.4) is 0 Å². The van der Waals surface area contributed by atoms with Crippen LogP contribution < -0.4 is 0 Å². The van der Waals surface area contributed by atoms with Crippen molar-refractivity contribution in [2.45, 2.75) is 43.6 Å². The van der Waals surface area contributed by atoms with Crippen molar-refractivity contribution >= 4 is 27.7 Å². The van der Waals surface area contributed by atoms with Crippen LogP contribution in [0.15, 0.2) is 4.47 Å². The van der Waals surface area contributed by atoms with Crippen LogP contribution in [-0.4, -0.2) is 15.0 Å². The highest BCUT2D eigenvalue weighted by atomic mass is 79.9. The summed E-state index contributed by atoms with van der Waals surface area (Å²) in [7, 11) is 2.03. The van der Waals surface area contributed by atoms with Crippen molar-refractivity contribution in [2.24, 2.45) is 7.05 Å². The smallest absolute Gasteiger partial charge is 0.0738 e. The Morgan fingerprint density at radius 3 is 2.67 bits per heavy atom. The Morgan fingerprint density at radius 1 is 1.47 bits per heavy atom. The average molecular weight is 289 g/mol. The number of halogens is 1. The van der Waals surface area contributed by atoms with Crippen molar-refractivity contribution in [3.63, 3.8) is 0 Å². The maximum absolute atomic E-state index is 4.41. The third-order valence-electron chi connectivity index (χ3n) is 3.02. The molecule has 15 heavy (non-hydrogen) atoms. The van der Waals surface area contributed by atoms with Gasteiger partial charge in [-0.15, -0.1) is 0 Å². The van der Waals surface area contributed by atoms with Crippen LogP contribution in [0.1, 0.15) is 37.1 Å². The minimum Gasteiger partial charge on any atom is -0.270 e. The Bertz CT molecular complexity index is 343. The van der Waals surface area contributed by atoms with Gasteiger partial charge in [-0.2, -0.15) is 16.9 Å². The fourth-order valence-corrected chi connectivity index (χ4v) is 4.14. The number of thioether (sulfide) groups is 1. The first kappa shape index (κ1) is 11.5. The molecule has 1 aromatic rings. The zero-order valence-corrected chi connectivity index (χ0v) is 11.7. The van der Waals surface area contributed by atoms with Gasteiger partial charge in [-0.25, -0.2) is 0 Å². The van der Waals surface area contributed by atoms with Crippen LogP contribution in [0.2, 0.25) is 0 Å². The Balaban J connectivity index is 1.97. The molecule has 0 unspecified atom stereocenters. The lowest BCUT2D eigenvalue weighted by Crippen LogP contribution is -2.00. The third-order valence-corrected chi connectivity index (χ3v) is 5.43. The van der Waals surface area contributed by atoms with Crippen LogP contribution >= 0.6 is 27.7 Å². The molecule has 0 radical (unpaired) electrons.